The topological polar surface area (TPSA) is 105 Å². The Bertz CT molecular complexity index is 915. The number of anilines is 1. The molecule has 2 aromatic carbocycles. The van der Waals surface area contributed by atoms with Crippen LogP contribution in [-0.2, 0) is 14.3 Å². The van der Waals surface area contributed by atoms with E-state index in [1.807, 2.05) is 6.07 Å². The number of benzene rings is 2. The smallest absolute Gasteiger partial charge is 0.347 e. The normalized spacial score (nSPS) is 12.2. The highest BCUT2D eigenvalue weighted by Crippen LogP contribution is 2.17. The Hall–Kier alpha value is -3.66. The summed E-state index contributed by atoms with van der Waals surface area (Å²) in [6.07, 6.45) is -2.03. The summed E-state index contributed by atoms with van der Waals surface area (Å²) in [7, 11) is 0. The Balaban J connectivity index is 1.94. The maximum atomic E-state index is 12.3. The summed E-state index contributed by atoms with van der Waals surface area (Å²) >= 11 is 0. The number of hydrogen-bond donors (Lipinski definition) is 1. The number of nitriles is 1. The minimum Gasteiger partial charge on any atom is -0.479 e. The lowest BCUT2D eigenvalue weighted by Gasteiger charge is -2.18. The lowest BCUT2D eigenvalue weighted by Crippen LogP contribution is -2.35. The van der Waals surface area contributed by atoms with Gasteiger partial charge in [-0.2, -0.15) is 5.26 Å². The highest BCUT2D eigenvalue weighted by Gasteiger charge is 2.24. The minimum absolute atomic E-state index is 0.190. The Labute approximate surface area is 162 Å². The molecule has 28 heavy (non-hydrogen) atoms. The minimum atomic E-state index is -1.08. The van der Waals surface area contributed by atoms with Gasteiger partial charge in [-0.3, -0.25) is 9.59 Å². The molecule has 0 heterocycles. The van der Waals surface area contributed by atoms with Crippen LogP contribution in [0.3, 0.4) is 0 Å². The highest BCUT2D eigenvalue weighted by atomic mass is 16.6. The molecule has 0 saturated heterocycles. The first-order chi connectivity index (χ1) is 13.3. The van der Waals surface area contributed by atoms with Gasteiger partial charge in [-0.1, -0.05) is 12.1 Å². The van der Waals surface area contributed by atoms with Gasteiger partial charge in [0.05, 0.1) is 17.3 Å². The fourth-order valence-electron chi connectivity index (χ4n) is 2.32. The molecule has 2 atom stereocenters. The summed E-state index contributed by atoms with van der Waals surface area (Å²) in [6.45, 7) is 4.32. The Morgan fingerprint density at radius 2 is 1.64 bits per heavy atom. The van der Waals surface area contributed by atoms with Crippen LogP contribution in [-0.4, -0.2) is 29.9 Å². The lowest BCUT2D eigenvalue weighted by atomic mass is 10.1. The zero-order valence-electron chi connectivity index (χ0n) is 15.8. The summed E-state index contributed by atoms with van der Waals surface area (Å²) in [5.74, 6) is -1.07. The molecule has 0 fully saturated rings. The van der Waals surface area contributed by atoms with Gasteiger partial charge in [-0.05, 0) is 57.2 Å². The second kappa shape index (κ2) is 9.33. The number of hydrogen-bond acceptors (Lipinski definition) is 6. The number of ketones is 1. The maximum absolute atomic E-state index is 12.3. The first kappa shape index (κ1) is 20.6. The summed E-state index contributed by atoms with van der Waals surface area (Å²) in [5.41, 5.74) is 1.19. The molecule has 0 unspecified atom stereocenters. The molecular weight excluding hydrogens is 360 g/mol. The summed E-state index contributed by atoms with van der Waals surface area (Å²) in [5, 5.41) is 11.4. The van der Waals surface area contributed by atoms with E-state index in [9.17, 15) is 14.4 Å². The van der Waals surface area contributed by atoms with Crippen molar-refractivity contribution in [2.45, 2.75) is 33.0 Å². The highest BCUT2D eigenvalue weighted by molar-refractivity contribution is 6.04. The van der Waals surface area contributed by atoms with E-state index in [0.717, 1.165) is 0 Å². The molecule has 1 amide bonds. The molecular formula is C21H20N2O5. The Kier molecular flexibility index (Phi) is 6.88. The summed E-state index contributed by atoms with van der Waals surface area (Å²) < 4.78 is 10.6. The zero-order chi connectivity index (χ0) is 20.7. The van der Waals surface area contributed by atoms with Crippen molar-refractivity contribution in [3.8, 4) is 11.8 Å². The summed E-state index contributed by atoms with van der Waals surface area (Å²) in [4.78, 5) is 36.1. The number of rotatable bonds is 7. The van der Waals surface area contributed by atoms with Gasteiger partial charge in [0.1, 0.15) is 5.75 Å². The van der Waals surface area contributed by atoms with E-state index < -0.39 is 24.1 Å². The van der Waals surface area contributed by atoms with Crippen LogP contribution < -0.4 is 10.1 Å². The largest absolute Gasteiger partial charge is 0.479 e. The molecule has 1 N–H and O–H groups in total. The van der Waals surface area contributed by atoms with Crippen molar-refractivity contribution >= 4 is 23.3 Å². The predicted octanol–water partition coefficient (Wildman–Crippen LogP) is 3.10. The van der Waals surface area contributed by atoms with Gasteiger partial charge in [0.2, 0.25) is 0 Å². The molecule has 0 bridgehead atoms. The predicted molar refractivity (Wildman–Crippen MR) is 102 cm³/mol. The van der Waals surface area contributed by atoms with Crippen LogP contribution in [0.1, 0.15) is 36.7 Å². The third-order valence-electron chi connectivity index (χ3n) is 3.85. The van der Waals surface area contributed by atoms with Crippen LogP contribution in [0.5, 0.6) is 5.75 Å². The van der Waals surface area contributed by atoms with Crippen LogP contribution in [0.15, 0.2) is 48.5 Å². The number of carbonyl (C=O) groups is 3. The van der Waals surface area contributed by atoms with Gasteiger partial charge in [-0.25, -0.2) is 4.79 Å². The van der Waals surface area contributed by atoms with Crippen LogP contribution in [0.2, 0.25) is 0 Å². The third kappa shape index (κ3) is 5.42. The fraction of sp³-hybridized carbons (Fsp3) is 0.238. The van der Waals surface area contributed by atoms with Crippen molar-refractivity contribution in [2.75, 3.05) is 5.32 Å². The summed E-state index contributed by atoms with van der Waals surface area (Å²) in [6, 6.07) is 14.8. The fourth-order valence-corrected chi connectivity index (χ4v) is 2.32. The van der Waals surface area contributed by atoms with Gasteiger partial charge in [0, 0.05) is 5.56 Å². The number of amides is 1. The second-order valence-corrected chi connectivity index (χ2v) is 6.07. The van der Waals surface area contributed by atoms with E-state index in [0.29, 0.717) is 22.6 Å². The third-order valence-corrected chi connectivity index (χ3v) is 3.85. The van der Waals surface area contributed by atoms with Gasteiger partial charge in [-0.15, -0.1) is 0 Å². The van der Waals surface area contributed by atoms with Crippen molar-refractivity contribution in [1.29, 1.82) is 5.26 Å². The molecule has 144 valence electrons. The molecule has 0 aromatic heterocycles. The van der Waals surface area contributed by atoms with E-state index in [-0.39, 0.29) is 5.78 Å². The van der Waals surface area contributed by atoms with Gasteiger partial charge >= 0.3 is 5.97 Å². The van der Waals surface area contributed by atoms with Gasteiger partial charge in [0.15, 0.2) is 18.0 Å². The molecule has 0 spiro atoms. The molecule has 2 aromatic rings. The van der Waals surface area contributed by atoms with Crippen molar-refractivity contribution < 1.29 is 23.9 Å². The lowest BCUT2D eigenvalue weighted by molar-refractivity contribution is -0.159. The average molecular weight is 380 g/mol. The molecule has 0 aliphatic carbocycles. The second-order valence-electron chi connectivity index (χ2n) is 6.07. The number of carbonyl (C=O) groups excluding carboxylic acids is 3. The first-order valence-corrected chi connectivity index (χ1v) is 8.60. The van der Waals surface area contributed by atoms with E-state index >= 15 is 0 Å². The number of nitrogens with zero attached hydrogens (tertiary/aromatic N) is 1. The van der Waals surface area contributed by atoms with Gasteiger partial charge < -0.3 is 14.8 Å². The number of nitrogens with one attached hydrogen (secondary N) is 1. The number of Topliss-reactive ketones (excluding diaryl/α,β-unsaturated/α-hetero) is 1. The van der Waals surface area contributed by atoms with Crippen molar-refractivity contribution in [3.05, 3.63) is 59.7 Å². The van der Waals surface area contributed by atoms with Crippen molar-refractivity contribution in [3.63, 3.8) is 0 Å². The quantitative estimate of drug-likeness (QED) is 0.584. The SMILES string of the molecule is CC(=O)c1ccccc1NC(=O)[C@H](C)OC(=O)[C@H](C)Oc1ccc(C#N)cc1. The molecule has 0 saturated carbocycles. The van der Waals surface area contributed by atoms with Gasteiger partial charge in [0.25, 0.3) is 5.91 Å². The molecule has 0 aliphatic heterocycles. The molecule has 7 nitrogen and oxygen atoms in total. The van der Waals surface area contributed by atoms with Crippen molar-refractivity contribution in [1.82, 2.24) is 0 Å². The van der Waals surface area contributed by atoms with Crippen LogP contribution in [0.25, 0.3) is 0 Å². The molecule has 0 radical (unpaired) electrons. The molecule has 2 rings (SSSR count). The zero-order valence-corrected chi connectivity index (χ0v) is 15.8. The maximum Gasteiger partial charge on any atom is 0.347 e. The van der Waals surface area contributed by atoms with Crippen molar-refractivity contribution in [2.24, 2.45) is 0 Å². The van der Waals surface area contributed by atoms with Crippen LogP contribution in [0, 0.1) is 11.3 Å². The Morgan fingerprint density at radius 3 is 2.25 bits per heavy atom. The first-order valence-electron chi connectivity index (χ1n) is 8.60. The van der Waals surface area contributed by atoms with Crippen LogP contribution >= 0.6 is 0 Å². The van der Waals surface area contributed by atoms with E-state index in [1.165, 1.54) is 20.8 Å². The van der Waals surface area contributed by atoms with Crippen LogP contribution in [0.4, 0.5) is 5.69 Å². The molecule has 0 aliphatic rings. The van der Waals surface area contributed by atoms with E-state index in [2.05, 4.69) is 5.32 Å². The number of para-hydroxylation sites is 1. The molecule has 7 heteroatoms. The number of esters is 1. The average Bonchev–Trinajstić information content (AvgIpc) is 2.68. The monoisotopic (exact) mass is 380 g/mol. The van der Waals surface area contributed by atoms with E-state index in [1.54, 1.807) is 48.5 Å². The Morgan fingerprint density at radius 1 is 1.00 bits per heavy atom. The number of ether oxygens (including phenoxy) is 2. The standard InChI is InChI=1S/C21H20N2O5/c1-13(24)18-6-4-5-7-19(18)23-20(25)14(2)28-21(26)15(3)27-17-10-8-16(12-22)9-11-17/h4-11,14-15H,1-3H3,(H,23,25)/t14-,15-/m0/s1. The van der Waals surface area contributed by atoms with E-state index in [4.69, 9.17) is 14.7 Å².